The summed E-state index contributed by atoms with van der Waals surface area (Å²) in [5.74, 6) is 0.134. The molecule has 1 aromatic heterocycles. The Hall–Kier alpha value is -1.91. The Balaban J connectivity index is 1.94. The molecule has 0 bridgehead atoms. The summed E-state index contributed by atoms with van der Waals surface area (Å²) in [4.78, 5) is 29.3. The highest BCUT2D eigenvalue weighted by molar-refractivity contribution is 5.94. The van der Waals surface area contributed by atoms with Crippen molar-refractivity contribution in [3.63, 3.8) is 0 Å². The molecule has 0 radical (unpaired) electrons. The van der Waals surface area contributed by atoms with Gasteiger partial charge in [0.15, 0.2) is 0 Å². The van der Waals surface area contributed by atoms with E-state index in [0.717, 1.165) is 12.8 Å². The number of aromatic nitrogens is 1. The van der Waals surface area contributed by atoms with E-state index >= 15 is 0 Å². The van der Waals surface area contributed by atoms with Crippen molar-refractivity contribution in [3.8, 4) is 0 Å². The van der Waals surface area contributed by atoms with E-state index in [9.17, 15) is 9.59 Å². The summed E-state index contributed by atoms with van der Waals surface area (Å²) < 4.78 is 0. The molecule has 1 N–H and O–H groups in total. The summed E-state index contributed by atoms with van der Waals surface area (Å²) in [6.07, 6.45) is 4.70. The van der Waals surface area contributed by atoms with Crippen LogP contribution in [-0.4, -0.2) is 41.8 Å². The van der Waals surface area contributed by atoms with Gasteiger partial charge in [0, 0.05) is 44.0 Å². The molecule has 1 fully saturated rings. The maximum absolute atomic E-state index is 12.1. The molecule has 2 amide bonds. The highest BCUT2D eigenvalue weighted by Crippen LogP contribution is 2.18. The van der Waals surface area contributed by atoms with E-state index in [4.69, 9.17) is 0 Å². The molecule has 2 heterocycles. The number of amides is 2. The van der Waals surface area contributed by atoms with Crippen molar-refractivity contribution in [1.82, 2.24) is 15.2 Å². The number of hydrogen-bond donors (Lipinski definition) is 1. The Kier molecular flexibility index (Phi) is 3.92. The van der Waals surface area contributed by atoms with Gasteiger partial charge in [-0.15, -0.1) is 0 Å². The van der Waals surface area contributed by atoms with Crippen molar-refractivity contribution in [3.05, 3.63) is 30.1 Å². The molecule has 0 saturated carbocycles. The molecule has 0 spiro atoms. The summed E-state index contributed by atoms with van der Waals surface area (Å²) in [6, 6.07) is 3.43. The zero-order valence-electron chi connectivity index (χ0n) is 10.4. The number of carbonyl (C=O) groups is 2. The van der Waals surface area contributed by atoms with E-state index < -0.39 is 0 Å². The van der Waals surface area contributed by atoms with Gasteiger partial charge in [-0.1, -0.05) is 0 Å². The lowest BCUT2D eigenvalue weighted by molar-refractivity contribution is -0.125. The second-order valence-electron chi connectivity index (χ2n) is 4.42. The maximum Gasteiger partial charge on any atom is 0.253 e. The first-order valence-corrected chi connectivity index (χ1v) is 6.13. The van der Waals surface area contributed by atoms with Crippen LogP contribution in [0.1, 0.15) is 23.2 Å². The fourth-order valence-corrected chi connectivity index (χ4v) is 2.23. The lowest BCUT2D eigenvalue weighted by atomic mass is 9.95. The van der Waals surface area contributed by atoms with Crippen LogP contribution in [0.5, 0.6) is 0 Å². The summed E-state index contributed by atoms with van der Waals surface area (Å²) in [5.41, 5.74) is 0.656. The number of piperidine rings is 1. The van der Waals surface area contributed by atoms with Gasteiger partial charge in [-0.2, -0.15) is 0 Å². The lowest BCUT2D eigenvalue weighted by Crippen LogP contribution is -2.42. The largest absolute Gasteiger partial charge is 0.359 e. The van der Waals surface area contributed by atoms with E-state index in [1.54, 1.807) is 36.5 Å². The third-order valence-electron chi connectivity index (χ3n) is 3.33. The highest BCUT2D eigenvalue weighted by Gasteiger charge is 2.26. The predicted octanol–water partition coefficient (Wildman–Crippen LogP) is 0.680. The Morgan fingerprint density at radius 1 is 1.28 bits per heavy atom. The molecule has 5 nitrogen and oxygen atoms in total. The molecule has 0 aromatic carbocycles. The zero-order chi connectivity index (χ0) is 13.0. The van der Waals surface area contributed by atoms with Crippen molar-refractivity contribution in [2.75, 3.05) is 20.1 Å². The van der Waals surface area contributed by atoms with E-state index in [2.05, 4.69) is 10.3 Å². The van der Waals surface area contributed by atoms with Crippen LogP contribution in [0.3, 0.4) is 0 Å². The third kappa shape index (κ3) is 2.67. The van der Waals surface area contributed by atoms with E-state index in [-0.39, 0.29) is 17.7 Å². The molecular formula is C13H17N3O2. The van der Waals surface area contributed by atoms with Crippen LogP contribution >= 0.6 is 0 Å². The van der Waals surface area contributed by atoms with Crippen molar-refractivity contribution in [1.29, 1.82) is 0 Å². The molecule has 0 unspecified atom stereocenters. The molecule has 1 aromatic rings. The molecule has 18 heavy (non-hydrogen) atoms. The van der Waals surface area contributed by atoms with Crippen molar-refractivity contribution >= 4 is 11.8 Å². The average Bonchev–Trinajstić information content (AvgIpc) is 2.47. The Morgan fingerprint density at radius 3 is 2.44 bits per heavy atom. The van der Waals surface area contributed by atoms with Crippen LogP contribution in [-0.2, 0) is 4.79 Å². The summed E-state index contributed by atoms with van der Waals surface area (Å²) in [7, 11) is 1.65. The zero-order valence-corrected chi connectivity index (χ0v) is 10.4. The standard InChI is InChI=1S/C13H17N3O2/c1-14-12(17)10-4-8-16(9-5-10)13(18)11-2-6-15-7-3-11/h2-3,6-7,10H,4-5,8-9H2,1H3,(H,14,17). The van der Waals surface area contributed by atoms with Gasteiger partial charge in [-0.3, -0.25) is 14.6 Å². The van der Waals surface area contributed by atoms with Gasteiger partial charge in [0.25, 0.3) is 5.91 Å². The normalized spacial score (nSPS) is 16.4. The van der Waals surface area contributed by atoms with Gasteiger partial charge in [-0.05, 0) is 25.0 Å². The van der Waals surface area contributed by atoms with Gasteiger partial charge in [0.1, 0.15) is 0 Å². The molecule has 1 aliphatic heterocycles. The number of pyridine rings is 1. The van der Waals surface area contributed by atoms with Gasteiger partial charge in [0.2, 0.25) is 5.91 Å². The lowest BCUT2D eigenvalue weighted by Gasteiger charge is -2.31. The molecular weight excluding hydrogens is 230 g/mol. The minimum atomic E-state index is 0.0211. The molecule has 96 valence electrons. The van der Waals surface area contributed by atoms with Gasteiger partial charge in [0.05, 0.1) is 0 Å². The second kappa shape index (κ2) is 5.62. The van der Waals surface area contributed by atoms with E-state index in [0.29, 0.717) is 18.7 Å². The van der Waals surface area contributed by atoms with Crippen LogP contribution in [0.15, 0.2) is 24.5 Å². The first-order chi connectivity index (χ1) is 8.72. The number of nitrogens with zero attached hydrogens (tertiary/aromatic N) is 2. The summed E-state index contributed by atoms with van der Waals surface area (Å²) >= 11 is 0. The number of carbonyl (C=O) groups excluding carboxylic acids is 2. The van der Waals surface area contributed by atoms with E-state index in [1.165, 1.54) is 0 Å². The minimum absolute atomic E-state index is 0.0211. The van der Waals surface area contributed by atoms with Crippen LogP contribution in [0.4, 0.5) is 0 Å². The number of rotatable bonds is 2. The molecule has 0 atom stereocenters. The molecule has 5 heteroatoms. The van der Waals surface area contributed by atoms with Gasteiger partial charge >= 0.3 is 0 Å². The Morgan fingerprint density at radius 2 is 1.89 bits per heavy atom. The van der Waals surface area contributed by atoms with Gasteiger partial charge < -0.3 is 10.2 Å². The number of nitrogens with one attached hydrogen (secondary N) is 1. The van der Waals surface area contributed by atoms with Crippen molar-refractivity contribution in [2.24, 2.45) is 5.92 Å². The molecule has 1 saturated heterocycles. The Bertz CT molecular complexity index is 425. The van der Waals surface area contributed by atoms with E-state index in [1.807, 2.05) is 0 Å². The van der Waals surface area contributed by atoms with Crippen molar-refractivity contribution < 1.29 is 9.59 Å². The second-order valence-corrected chi connectivity index (χ2v) is 4.42. The third-order valence-corrected chi connectivity index (χ3v) is 3.33. The van der Waals surface area contributed by atoms with Gasteiger partial charge in [-0.25, -0.2) is 0 Å². The maximum atomic E-state index is 12.1. The Labute approximate surface area is 106 Å². The SMILES string of the molecule is CNC(=O)C1CCN(C(=O)c2ccncc2)CC1. The summed E-state index contributed by atoms with van der Waals surface area (Å²) in [6.45, 7) is 1.28. The summed E-state index contributed by atoms with van der Waals surface area (Å²) in [5, 5.41) is 2.66. The minimum Gasteiger partial charge on any atom is -0.359 e. The number of hydrogen-bond acceptors (Lipinski definition) is 3. The smallest absolute Gasteiger partial charge is 0.253 e. The quantitative estimate of drug-likeness (QED) is 0.836. The first-order valence-electron chi connectivity index (χ1n) is 6.13. The van der Waals surface area contributed by atoms with Crippen LogP contribution in [0.2, 0.25) is 0 Å². The fourth-order valence-electron chi connectivity index (χ4n) is 2.23. The first kappa shape index (κ1) is 12.5. The topological polar surface area (TPSA) is 62.3 Å². The van der Waals surface area contributed by atoms with Crippen LogP contribution in [0, 0.1) is 5.92 Å². The van der Waals surface area contributed by atoms with Crippen molar-refractivity contribution in [2.45, 2.75) is 12.8 Å². The average molecular weight is 247 g/mol. The fraction of sp³-hybridized carbons (Fsp3) is 0.462. The van der Waals surface area contributed by atoms with Crippen LogP contribution < -0.4 is 5.32 Å². The number of likely N-dealkylation sites (tertiary alicyclic amines) is 1. The predicted molar refractivity (Wildman–Crippen MR) is 66.9 cm³/mol. The molecule has 1 aliphatic rings. The monoisotopic (exact) mass is 247 g/mol. The molecule has 0 aliphatic carbocycles. The highest BCUT2D eigenvalue weighted by atomic mass is 16.2. The molecule has 2 rings (SSSR count). The van der Waals surface area contributed by atoms with Crippen LogP contribution in [0.25, 0.3) is 0 Å².